The minimum atomic E-state index is 0.578. The molecule has 0 aliphatic heterocycles. The summed E-state index contributed by atoms with van der Waals surface area (Å²) in [7, 11) is 0. The van der Waals surface area contributed by atoms with Gasteiger partial charge >= 0.3 is 0 Å². The molecule has 0 atom stereocenters. The van der Waals surface area contributed by atoms with E-state index in [9.17, 15) is 0 Å². The fourth-order valence-electron chi connectivity index (χ4n) is 8.74. The summed E-state index contributed by atoms with van der Waals surface area (Å²) in [5, 5.41) is 7.16. The summed E-state index contributed by atoms with van der Waals surface area (Å²) in [5.41, 5.74) is 11.0. The summed E-state index contributed by atoms with van der Waals surface area (Å²) >= 11 is 1.84. The number of rotatable bonds is 6. The quantitative estimate of drug-likeness (QED) is 0.169. The van der Waals surface area contributed by atoms with Crippen LogP contribution in [0.3, 0.4) is 0 Å². The summed E-state index contributed by atoms with van der Waals surface area (Å²) in [5.74, 6) is 1.83. The van der Waals surface area contributed by atoms with Gasteiger partial charge in [-0.2, -0.15) is 9.97 Å². The molecule has 0 radical (unpaired) electrons. The Kier molecular flexibility index (Phi) is 8.00. The van der Waals surface area contributed by atoms with Crippen molar-refractivity contribution in [3.8, 4) is 62.1 Å². The Bertz CT molecular complexity index is 3520. The molecule has 0 fully saturated rings. The first-order valence-electron chi connectivity index (χ1n) is 20.2. The van der Waals surface area contributed by atoms with E-state index in [4.69, 9.17) is 15.0 Å². The minimum Gasteiger partial charge on any atom is -0.276 e. The van der Waals surface area contributed by atoms with E-state index >= 15 is 0 Å². The first-order chi connectivity index (χ1) is 29.7. The minimum absolute atomic E-state index is 0.578. The SMILES string of the molecule is c1ccc(-c2ccc3sc4c(cc(-c5ccc6ccccc6c5)c5c6cc(-c7ccccc7)ccc6n(-c6nc(-c7ccccc7)nc(-c7ccccc7)n6)c45)c3c2)cc1. The molecule has 5 heteroatoms. The van der Waals surface area contributed by atoms with Gasteiger partial charge < -0.3 is 0 Å². The molecule has 280 valence electrons. The summed E-state index contributed by atoms with van der Waals surface area (Å²) in [6.45, 7) is 0. The number of aromatic nitrogens is 4. The summed E-state index contributed by atoms with van der Waals surface area (Å²) in [6, 6.07) is 73.4. The zero-order chi connectivity index (χ0) is 39.6. The van der Waals surface area contributed by atoms with Crippen LogP contribution in [-0.4, -0.2) is 19.5 Å². The smallest absolute Gasteiger partial charge is 0.238 e. The molecule has 0 N–H and O–H groups in total. The van der Waals surface area contributed by atoms with Crippen molar-refractivity contribution < 1.29 is 0 Å². The second kappa shape index (κ2) is 14.0. The van der Waals surface area contributed by atoms with E-state index in [0.29, 0.717) is 17.6 Å². The van der Waals surface area contributed by atoms with Crippen LogP contribution in [0, 0.1) is 0 Å². The van der Waals surface area contributed by atoms with Gasteiger partial charge in [0.05, 0.1) is 15.7 Å². The third-order valence-corrected chi connectivity index (χ3v) is 12.8. The van der Waals surface area contributed by atoms with Crippen LogP contribution in [0.2, 0.25) is 0 Å². The lowest BCUT2D eigenvalue weighted by Crippen LogP contribution is -2.06. The lowest BCUT2D eigenvalue weighted by Gasteiger charge is -2.12. The fraction of sp³-hybridized carbons (Fsp3) is 0. The predicted octanol–water partition coefficient (Wildman–Crippen LogP) is 14.8. The Morgan fingerprint density at radius 1 is 0.367 bits per heavy atom. The second-order valence-corrected chi connectivity index (χ2v) is 16.3. The van der Waals surface area contributed by atoms with Gasteiger partial charge in [0.1, 0.15) is 0 Å². The van der Waals surface area contributed by atoms with Gasteiger partial charge in [-0.25, -0.2) is 4.98 Å². The molecular formula is C55H34N4S. The van der Waals surface area contributed by atoms with Crippen LogP contribution in [0.1, 0.15) is 0 Å². The lowest BCUT2D eigenvalue weighted by molar-refractivity contribution is 0.955. The van der Waals surface area contributed by atoms with E-state index in [0.717, 1.165) is 38.7 Å². The molecule has 0 saturated heterocycles. The van der Waals surface area contributed by atoms with Crippen molar-refractivity contribution in [2.45, 2.75) is 0 Å². The standard InChI is InChI=1S/C55H34N4S/c1-5-15-35(16-6-1)41-27-29-48-47(33-41)50-44(43-26-25-37-19-13-14-24-40(37)31-43)34-46-45-32-42(36-17-7-2-8-18-36)28-30-49(45)60-52(46)51(50)59(48)55-57-53(38-20-9-3-10-21-38)56-54(58-55)39-22-11-4-12-23-39/h1-34H. The van der Waals surface area contributed by atoms with Crippen molar-refractivity contribution in [2.75, 3.05) is 0 Å². The van der Waals surface area contributed by atoms with E-state index in [1.54, 1.807) is 0 Å². The largest absolute Gasteiger partial charge is 0.276 e. The van der Waals surface area contributed by atoms with Crippen LogP contribution in [-0.2, 0) is 0 Å². The zero-order valence-corrected chi connectivity index (χ0v) is 33.1. The Labute approximate surface area is 350 Å². The number of thiophene rings is 1. The van der Waals surface area contributed by atoms with Gasteiger partial charge in [0.25, 0.3) is 0 Å². The molecule has 0 amide bonds. The van der Waals surface area contributed by atoms with E-state index in [2.05, 4.69) is 174 Å². The Balaban J connectivity index is 1.26. The first kappa shape index (κ1) is 34.3. The topological polar surface area (TPSA) is 43.6 Å². The van der Waals surface area contributed by atoms with Gasteiger partial charge in [0.2, 0.25) is 5.95 Å². The number of nitrogens with zero attached hydrogens (tertiary/aromatic N) is 4. The monoisotopic (exact) mass is 782 g/mol. The van der Waals surface area contributed by atoms with Crippen LogP contribution in [0.25, 0.3) is 115 Å². The molecule has 12 rings (SSSR count). The highest BCUT2D eigenvalue weighted by atomic mass is 32.1. The lowest BCUT2D eigenvalue weighted by atomic mass is 9.94. The highest BCUT2D eigenvalue weighted by Gasteiger charge is 2.25. The van der Waals surface area contributed by atoms with Crippen LogP contribution in [0.5, 0.6) is 0 Å². The predicted molar refractivity (Wildman–Crippen MR) is 252 cm³/mol. The molecule has 4 nitrogen and oxygen atoms in total. The third kappa shape index (κ3) is 5.70. The Morgan fingerprint density at radius 2 is 0.900 bits per heavy atom. The summed E-state index contributed by atoms with van der Waals surface area (Å²) in [4.78, 5) is 15.8. The molecule has 0 bridgehead atoms. The van der Waals surface area contributed by atoms with E-state index in [-0.39, 0.29) is 0 Å². The van der Waals surface area contributed by atoms with Crippen LogP contribution >= 0.6 is 11.3 Å². The van der Waals surface area contributed by atoms with Crippen molar-refractivity contribution in [3.63, 3.8) is 0 Å². The van der Waals surface area contributed by atoms with Crippen LogP contribution in [0.4, 0.5) is 0 Å². The molecule has 0 spiro atoms. The fourth-order valence-corrected chi connectivity index (χ4v) is 9.94. The second-order valence-electron chi connectivity index (χ2n) is 15.2. The maximum absolute atomic E-state index is 5.36. The van der Waals surface area contributed by atoms with Crippen LogP contribution < -0.4 is 0 Å². The average molecular weight is 783 g/mol. The molecule has 9 aromatic carbocycles. The van der Waals surface area contributed by atoms with E-state index in [1.165, 1.54) is 58.6 Å². The number of benzene rings is 9. The Morgan fingerprint density at radius 3 is 1.53 bits per heavy atom. The molecule has 3 aromatic heterocycles. The zero-order valence-electron chi connectivity index (χ0n) is 32.3. The normalized spacial score (nSPS) is 11.7. The molecule has 12 aromatic rings. The highest BCUT2D eigenvalue weighted by Crippen LogP contribution is 2.48. The Hall–Kier alpha value is -7.73. The van der Waals surface area contributed by atoms with Crippen molar-refractivity contribution in [1.29, 1.82) is 0 Å². The van der Waals surface area contributed by atoms with Crippen molar-refractivity contribution in [3.05, 3.63) is 206 Å². The van der Waals surface area contributed by atoms with Gasteiger partial charge in [0, 0.05) is 37.4 Å². The van der Waals surface area contributed by atoms with Crippen molar-refractivity contribution in [2.24, 2.45) is 0 Å². The van der Waals surface area contributed by atoms with Gasteiger partial charge in [-0.05, 0) is 80.6 Å². The maximum Gasteiger partial charge on any atom is 0.238 e. The number of fused-ring (bicyclic) bond motifs is 8. The van der Waals surface area contributed by atoms with Gasteiger partial charge in [-0.15, -0.1) is 11.3 Å². The molecular weight excluding hydrogens is 749 g/mol. The van der Waals surface area contributed by atoms with Crippen molar-refractivity contribution in [1.82, 2.24) is 19.5 Å². The third-order valence-electron chi connectivity index (χ3n) is 11.6. The molecule has 3 heterocycles. The summed E-state index contributed by atoms with van der Waals surface area (Å²) < 4.78 is 4.73. The maximum atomic E-state index is 5.36. The average Bonchev–Trinajstić information content (AvgIpc) is 3.87. The highest BCUT2D eigenvalue weighted by molar-refractivity contribution is 7.26. The van der Waals surface area contributed by atoms with E-state index in [1.807, 2.05) is 47.7 Å². The van der Waals surface area contributed by atoms with Gasteiger partial charge in [-0.1, -0.05) is 170 Å². The summed E-state index contributed by atoms with van der Waals surface area (Å²) in [6.07, 6.45) is 0. The van der Waals surface area contributed by atoms with Gasteiger partial charge in [-0.3, -0.25) is 4.57 Å². The number of hydrogen-bond acceptors (Lipinski definition) is 4. The molecule has 0 aliphatic rings. The van der Waals surface area contributed by atoms with Gasteiger partial charge in [0.15, 0.2) is 11.6 Å². The number of hydrogen-bond donors (Lipinski definition) is 0. The van der Waals surface area contributed by atoms with Crippen LogP contribution in [0.15, 0.2) is 206 Å². The molecule has 0 aliphatic carbocycles. The van der Waals surface area contributed by atoms with Crippen molar-refractivity contribution >= 4 is 64.1 Å². The van der Waals surface area contributed by atoms with E-state index < -0.39 is 0 Å². The first-order valence-corrected chi connectivity index (χ1v) is 21.0. The molecule has 0 unspecified atom stereocenters. The molecule has 0 saturated carbocycles. The molecule has 60 heavy (non-hydrogen) atoms.